The largest absolute Gasteiger partial charge is 0.390 e. The highest BCUT2D eigenvalue weighted by Crippen LogP contribution is 2.14. The van der Waals surface area contributed by atoms with E-state index in [1.165, 1.54) is 12.4 Å². The van der Waals surface area contributed by atoms with Gasteiger partial charge in [0.1, 0.15) is 5.82 Å². The van der Waals surface area contributed by atoms with Crippen LogP contribution in [0.4, 0.5) is 0 Å². The van der Waals surface area contributed by atoms with Gasteiger partial charge in [-0.1, -0.05) is 13.0 Å². The Morgan fingerprint density at radius 2 is 2.12 bits per heavy atom. The van der Waals surface area contributed by atoms with Crippen molar-refractivity contribution in [1.29, 1.82) is 0 Å². The lowest BCUT2D eigenvalue weighted by molar-refractivity contribution is 0.0345. The quantitative estimate of drug-likeness (QED) is 0.836. The van der Waals surface area contributed by atoms with Gasteiger partial charge in [-0.15, -0.1) is 0 Å². The average Bonchev–Trinajstić information content (AvgIpc) is 2.65. The molecular formula is C18H23N5O2. The maximum absolute atomic E-state index is 12.3. The number of likely N-dealkylation sites (tertiary alicyclic amines) is 1. The topological polar surface area (TPSA) is 91.2 Å². The minimum atomic E-state index is -0.614. The van der Waals surface area contributed by atoms with Gasteiger partial charge in [-0.25, -0.2) is 9.97 Å². The van der Waals surface area contributed by atoms with Gasteiger partial charge in [-0.05, 0) is 18.6 Å². The number of aromatic nitrogens is 3. The minimum absolute atomic E-state index is 0.245. The molecule has 0 unspecified atom stereocenters. The molecule has 0 aromatic carbocycles. The minimum Gasteiger partial charge on any atom is -0.390 e. The van der Waals surface area contributed by atoms with Crippen LogP contribution in [0.3, 0.4) is 0 Å². The Balaban J connectivity index is 1.53. The number of piperidine rings is 1. The summed E-state index contributed by atoms with van der Waals surface area (Å²) in [6.45, 7) is 3.96. The summed E-state index contributed by atoms with van der Waals surface area (Å²) in [7, 11) is 0. The highest BCUT2D eigenvalue weighted by atomic mass is 16.3. The number of carbonyl (C=O) groups excluding carboxylic acids is 1. The fourth-order valence-corrected chi connectivity index (χ4v) is 2.94. The van der Waals surface area contributed by atoms with Crippen molar-refractivity contribution in [2.24, 2.45) is 0 Å². The molecule has 3 heterocycles. The van der Waals surface area contributed by atoms with Crippen LogP contribution in [0.2, 0.25) is 0 Å². The number of β-amino-alcohol motifs (C(OH)–C–C–N with tert-alkyl or cyclic N) is 1. The van der Waals surface area contributed by atoms with Crippen LogP contribution in [-0.4, -0.2) is 56.1 Å². The zero-order valence-electron chi connectivity index (χ0n) is 14.3. The number of amides is 1. The third-order valence-electron chi connectivity index (χ3n) is 4.38. The summed E-state index contributed by atoms with van der Waals surface area (Å²) in [6, 6.07) is 5.55. The Morgan fingerprint density at radius 1 is 1.32 bits per heavy atom. The molecule has 1 aliphatic rings. The number of nitrogens with zero attached hydrogens (tertiary/aromatic N) is 4. The van der Waals surface area contributed by atoms with Crippen LogP contribution < -0.4 is 5.32 Å². The SMILES string of the molecule is CCc1ncc(C(=O)N[C@@H]2CCN(Cc3ccccn3)C[C@H]2O)cn1. The number of pyridine rings is 1. The van der Waals surface area contributed by atoms with E-state index < -0.39 is 6.10 Å². The number of carbonyl (C=O) groups is 1. The third kappa shape index (κ3) is 4.58. The molecule has 0 spiro atoms. The van der Waals surface area contributed by atoms with E-state index in [0.717, 1.165) is 18.7 Å². The van der Waals surface area contributed by atoms with Crippen LogP contribution in [0.25, 0.3) is 0 Å². The van der Waals surface area contributed by atoms with Crippen LogP contribution in [0.1, 0.15) is 35.2 Å². The van der Waals surface area contributed by atoms with Gasteiger partial charge in [0.05, 0.1) is 23.4 Å². The van der Waals surface area contributed by atoms with Crippen molar-refractivity contribution in [1.82, 2.24) is 25.2 Å². The summed E-state index contributed by atoms with van der Waals surface area (Å²) in [6.07, 6.45) is 5.64. The third-order valence-corrected chi connectivity index (χ3v) is 4.38. The Kier molecular flexibility index (Phi) is 5.67. The van der Waals surface area contributed by atoms with E-state index in [1.807, 2.05) is 25.1 Å². The van der Waals surface area contributed by atoms with E-state index >= 15 is 0 Å². The molecule has 7 nitrogen and oxygen atoms in total. The van der Waals surface area contributed by atoms with Crippen molar-refractivity contribution in [3.8, 4) is 0 Å². The number of hydrogen-bond donors (Lipinski definition) is 2. The number of nitrogens with one attached hydrogen (secondary N) is 1. The molecule has 2 aromatic rings. The maximum atomic E-state index is 12.3. The number of aryl methyl sites for hydroxylation is 1. The van der Waals surface area contributed by atoms with E-state index in [0.29, 0.717) is 30.9 Å². The summed E-state index contributed by atoms with van der Waals surface area (Å²) in [5, 5.41) is 13.3. The van der Waals surface area contributed by atoms with Gasteiger partial charge in [-0.2, -0.15) is 0 Å². The molecule has 1 amide bonds. The van der Waals surface area contributed by atoms with Crippen LogP contribution in [0, 0.1) is 0 Å². The normalized spacial score (nSPS) is 21.0. The fraction of sp³-hybridized carbons (Fsp3) is 0.444. The predicted molar refractivity (Wildman–Crippen MR) is 92.8 cm³/mol. The van der Waals surface area contributed by atoms with Gasteiger partial charge >= 0.3 is 0 Å². The molecule has 2 N–H and O–H groups in total. The second-order valence-corrected chi connectivity index (χ2v) is 6.23. The summed E-state index contributed by atoms with van der Waals surface area (Å²) in [4.78, 5) is 27.0. The van der Waals surface area contributed by atoms with Crippen LogP contribution in [0.5, 0.6) is 0 Å². The first-order valence-electron chi connectivity index (χ1n) is 8.58. The smallest absolute Gasteiger partial charge is 0.254 e. The number of rotatable bonds is 5. The van der Waals surface area contributed by atoms with Gasteiger partial charge in [0.2, 0.25) is 0 Å². The van der Waals surface area contributed by atoms with E-state index in [2.05, 4.69) is 25.2 Å². The lowest BCUT2D eigenvalue weighted by Crippen LogP contribution is -2.53. The van der Waals surface area contributed by atoms with Crippen molar-refractivity contribution < 1.29 is 9.90 Å². The Labute approximate surface area is 147 Å². The molecule has 0 bridgehead atoms. The first-order chi connectivity index (χ1) is 12.2. The van der Waals surface area contributed by atoms with Gasteiger partial charge in [0.15, 0.2) is 0 Å². The first-order valence-corrected chi connectivity index (χ1v) is 8.58. The molecule has 0 radical (unpaired) electrons. The molecule has 1 saturated heterocycles. The summed E-state index contributed by atoms with van der Waals surface area (Å²) >= 11 is 0. The first kappa shape index (κ1) is 17.4. The predicted octanol–water partition coefficient (Wildman–Crippen LogP) is 0.799. The van der Waals surface area contributed by atoms with Crippen LogP contribution in [-0.2, 0) is 13.0 Å². The highest BCUT2D eigenvalue weighted by Gasteiger charge is 2.29. The lowest BCUT2D eigenvalue weighted by atomic mass is 10.0. The van der Waals surface area contributed by atoms with Crippen molar-refractivity contribution in [2.45, 2.75) is 38.5 Å². The number of aliphatic hydroxyl groups excluding tert-OH is 1. The zero-order chi connectivity index (χ0) is 17.6. The fourth-order valence-electron chi connectivity index (χ4n) is 2.94. The molecular weight excluding hydrogens is 318 g/mol. The van der Waals surface area contributed by atoms with Crippen molar-refractivity contribution in [3.63, 3.8) is 0 Å². The van der Waals surface area contributed by atoms with Crippen LogP contribution in [0.15, 0.2) is 36.8 Å². The highest BCUT2D eigenvalue weighted by molar-refractivity contribution is 5.93. The molecule has 3 rings (SSSR count). The van der Waals surface area contributed by atoms with E-state index in [-0.39, 0.29) is 11.9 Å². The standard InChI is InChI=1S/C18H23N5O2/c1-2-17-20-9-13(10-21-17)18(25)22-15-6-8-23(12-16(15)24)11-14-5-3-4-7-19-14/h3-5,7,9-10,15-16,24H,2,6,8,11-12H2,1H3,(H,22,25)/t15-,16-/m1/s1. The van der Waals surface area contributed by atoms with E-state index in [4.69, 9.17) is 0 Å². The number of aliphatic hydroxyl groups is 1. The Bertz CT molecular complexity index is 692. The molecule has 2 aromatic heterocycles. The zero-order valence-corrected chi connectivity index (χ0v) is 14.3. The van der Waals surface area contributed by atoms with Gasteiger partial charge in [0.25, 0.3) is 5.91 Å². The van der Waals surface area contributed by atoms with Crippen molar-refractivity contribution in [3.05, 3.63) is 53.9 Å². The van der Waals surface area contributed by atoms with Gasteiger partial charge in [-0.3, -0.25) is 14.7 Å². The van der Waals surface area contributed by atoms with E-state index in [1.54, 1.807) is 6.20 Å². The molecule has 0 aliphatic carbocycles. The van der Waals surface area contributed by atoms with Gasteiger partial charge in [0, 0.05) is 44.6 Å². The Hall–Kier alpha value is -2.38. The molecule has 1 aliphatic heterocycles. The lowest BCUT2D eigenvalue weighted by Gasteiger charge is -2.36. The average molecular weight is 341 g/mol. The van der Waals surface area contributed by atoms with E-state index in [9.17, 15) is 9.90 Å². The molecule has 25 heavy (non-hydrogen) atoms. The maximum Gasteiger partial charge on any atom is 0.254 e. The van der Waals surface area contributed by atoms with Crippen molar-refractivity contribution >= 4 is 5.91 Å². The molecule has 1 fully saturated rings. The monoisotopic (exact) mass is 341 g/mol. The second kappa shape index (κ2) is 8.13. The molecule has 7 heteroatoms. The summed E-state index contributed by atoms with van der Waals surface area (Å²) in [5.74, 6) is 0.462. The van der Waals surface area contributed by atoms with Crippen LogP contribution >= 0.6 is 0 Å². The second-order valence-electron chi connectivity index (χ2n) is 6.23. The molecule has 0 saturated carbocycles. The molecule has 132 valence electrons. The van der Waals surface area contributed by atoms with Crippen molar-refractivity contribution in [2.75, 3.05) is 13.1 Å². The van der Waals surface area contributed by atoms with Gasteiger partial charge < -0.3 is 10.4 Å². The number of hydrogen-bond acceptors (Lipinski definition) is 6. The molecule has 2 atom stereocenters. The Morgan fingerprint density at radius 3 is 2.76 bits per heavy atom. The summed E-state index contributed by atoms with van der Waals surface area (Å²) < 4.78 is 0. The summed E-state index contributed by atoms with van der Waals surface area (Å²) in [5.41, 5.74) is 1.39.